The van der Waals surface area contributed by atoms with Crippen LogP contribution in [0.5, 0.6) is 0 Å². The van der Waals surface area contributed by atoms with E-state index < -0.39 is 6.03 Å². The number of aryl methyl sites for hydroxylation is 1. The Morgan fingerprint density at radius 1 is 1.24 bits per heavy atom. The number of carbonyl (C=O) groups excluding carboxylic acids is 2. The summed E-state index contributed by atoms with van der Waals surface area (Å²) in [4.78, 5) is 22.1. The van der Waals surface area contributed by atoms with E-state index in [9.17, 15) is 9.59 Å². The molecule has 0 radical (unpaired) electrons. The molecule has 0 aliphatic rings. The Bertz CT molecular complexity index is 431. The summed E-state index contributed by atoms with van der Waals surface area (Å²) in [5.41, 5.74) is 12.4. The molecule has 1 aromatic carbocycles. The summed E-state index contributed by atoms with van der Waals surface area (Å²) in [7, 11) is 0. The highest BCUT2D eigenvalue weighted by Crippen LogP contribution is 2.12. The Kier molecular flexibility index (Phi) is 4.33. The maximum Gasteiger partial charge on any atom is 0.312 e. The summed E-state index contributed by atoms with van der Waals surface area (Å²) in [5.74, 6) is -0.221. The van der Waals surface area contributed by atoms with Gasteiger partial charge in [-0.05, 0) is 24.6 Å². The minimum Gasteiger partial charge on any atom is -0.399 e. The molecule has 6 N–H and O–H groups in total. The Morgan fingerprint density at radius 3 is 2.53 bits per heavy atom. The molecule has 0 bridgehead atoms. The predicted molar refractivity (Wildman–Crippen MR) is 65.5 cm³/mol. The number of nitrogens with two attached hydrogens (primary N) is 2. The molecule has 0 aromatic heterocycles. The van der Waals surface area contributed by atoms with Gasteiger partial charge in [-0.15, -0.1) is 0 Å². The van der Waals surface area contributed by atoms with Gasteiger partial charge in [0.1, 0.15) is 0 Å². The smallest absolute Gasteiger partial charge is 0.312 e. The number of nitrogen functional groups attached to an aromatic ring is 1. The molecule has 1 aromatic rings. The molecule has 0 fully saturated rings. The topological polar surface area (TPSA) is 110 Å². The van der Waals surface area contributed by atoms with Crippen LogP contribution in [0.25, 0.3) is 0 Å². The van der Waals surface area contributed by atoms with Crippen LogP contribution in [-0.4, -0.2) is 25.0 Å². The second-order valence-electron chi connectivity index (χ2n) is 3.62. The lowest BCUT2D eigenvalue weighted by molar-refractivity contribution is 0.0953. The van der Waals surface area contributed by atoms with Gasteiger partial charge in [-0.25, -0.2) is 4.79 Å². The first kappa shape index (κ1) is 12.8. The van der Waals surface area contributed by atoms with Gasteiger partial charge in [0.15, 0.2) is 0 Å². The molecule has 0 spiro atoms. The third-order valence-electron chi connectivity index (χ3n) is 2.22. The molecule has 0 saturated heterocycles. The monoisotopic (exact) mass is 236 g/mol. The van der Waals surface area contributed by atoms with Crippen LogP contribution in [0.2, 0.25) is 0 Å². The molecular formula is C11H16N4O2. The minimum atomic E-state index is -0.612. The highest BCUT2D eigenvalue weighted by atomic mass is 16.2. The fourth-order valence-electron chi connectivity index (χ4n) is 1.34. The van der Waals surface area contributed by atoms with E-state index in [4.69, 9.17) is 11.5 Å². The van der Waals surface area contributed by atoms with E-state index in [0.29, 0.717) is 24.3 Å². The van der Waals surface area contributed by atoms with Crippen molar-refractivity contribution in [2.75, 3.05) is 18.8 Å². The number of amides is 3. The molecule has 1 rings (SSSR count). The molecule has 0 saturated carbocycles. The molecule has 0 unspecified atom stereocenters. The molecular weight excluding hydrogens is 220 g/mol. The zero-order valence-electron chi connectivity index (χ0n) is 9.62. The summed E-state index contributed by atoms with van der Waals surface area (Å²) in [6, 6.07) is 4.53. The van der Waals surface area contributed by atoms with Crippen molar-refractivity contribution in [3.05, 3.63) is 29.3 Å². The molecule has 0 aliphatic heterocycles. The van der Waals surface area contributed by atoms with E-state index in [2.05, 4.69) is 10.6 Å². The number of carbonyl (C=O) groups is 2. The van der Waals surface area contributed by atoms with Crippen molar-refractivity contribution in [1.82, 2.24) is 10.6 Å². The first-order valence-corrected chi connectivity index (χ1v) is 5.18. The molecule has 0 heterocycles. The summed E-state index contributed by atoms with van der Waals surface area (Å²) in [5, 5.41) is 5.04. The number of benzene rings is 1. The highest BCUT2D eigenvalue weighted by molar-refractivity contribution is 5.96. The van der Waals surface area contributed by atoms with Crippen LogP contribution in [0.4, 0.5) is 10.5 Å². The van der Waals surface area contributed by atoms with E-state index in [-0.39, 0.29) is 5.91 Å². The van der Waals surface area contributed by atoms with Crippen molar-refractivity contribution in [2.24, 2.45) is 5.73 Å². The van der Waals surface area contributed by atoms with Crippen molar-refractivity contribution < 1.29 is 9.59 Å². The van der Waals surface area contributed by atoms with Gasteiger partial charge in [-0.3, -0.25) is 4.79 Å². The van der Waals surface area contributed by atoms with Crippen molar-refractivity contribution in [1.29, 1.82) is 0 Å². The van der Waals surface area contributed by atoms with E-state index in [1.165, 1.54) is 0 Å². The Hall–Kier alpha value is -2.24. The van der Waals surface area contributed by atoms with Gasteiger partial charge in [-0.1, -0.05) is 6.07 Å². The van der Waals surface area contributed by atoms with Crippen LogP contribution in [0.15, 0.2) is 18.2 Å². The normalized spacial score (nSPS) is 9.71. The Morgan fingerprint density at radius 2 is 1.88 bits per heavy atom. The summed E-state index contributed by atoms with van der Waals surface area (Å²) >= 11 is 0. The Labute approximate surface area is 99.4 Å². The first-order chi connectivity index (χ1) is 8.00. The standard InChI is InChI=1S/C11H16N4O2/c1-7-2-3-8(12)6-9(7)10(16)14-4-5-15-11(13)17/h2-3,6H,4-5,12H2,1H3,(H,14,16)(H3,13,15,17). The number of anilines is 1. The second-order valence-corrected chi connectivity index (χ2v) is 3.62. The molecule has 0 aliphatic carbocycles. The minimum absolute atomic E-state index is 0.221. The zero-order chi connectivity index (χ0) is 12.8. The van der Waals surface area contributed by atoms with E-state index in [1.54, 1.807) is 18.2 Å². The van der Waals surface area contributed by atoms with Crippen molar-refractivity contribution in [3.63, 3.8) is 0 Å². The summed E-state index contributed by atoms with van der Waals surface area (Å²) in [6.07, 6.45) is 0. The van der Waals surface area contributed by atoms with E-state index in [0.717, 1.165) is 5.56 Å². The number of hydrogen-bond donors (Lipinski definition) is 4. The predicted octanol–water partition coefficient (Wildman–Crippen LogP) is -0.0247. The lowest BCUT2D eigenvalue weighted by atomic mass is 10.1. The Balaban J connectivity index is 2.52. The maximum absolute atomic E-state index is 11.8. The molecule has 6 nitrogen and oxygen atoms in total. The second kappa shape index (κ2) is 5.74. The van der Waals surface area contributed by atoms with Crippen molar-refractivity contribution in [2.45, 2.75) is 6.92 Å². The van der Waals surface area contributed by atoms with E-state index >= 15 is 0 Å². The number of primary amides is 1. The van der Waals surface area contributed by atoms with Gasteiger partial charge in [0.2, 0.25) is 0 Å². The molecule has 0 atom stereocenters. The third-order valence-corrected chi connectivity index (χ3v) is 2.22. The SMILES string of the molecule is Cc1ccc(N)cc1C(=O)NCCNC(N)=O. The van der Waals surface area contributed by atoms with Gasteiger partial charge < -0.3 is 22.1 Å². The van der Waals surface area contributed by atoms with Gasteiger partial charge in [0.25, 0.3) is 5.91 Å². The fraction of sp³-hybridized carbons (Fsp3) is 0.273. The lowest BCUT2D eigenvalue weighted by Crippen LogP contribution is -2.37. The number of nitrogens with one attached hydrogen (secondary N) is 2. The van der Waals surface area contributed by atoms with Gasteiger partial charge in [0.05, 0.1) is 0 Å². The van der Waals surface area contributed by atoms with Gasteiger partial charge in [0, 0.05) is 24.3 Å². The first-order valence-electron chi connectivity index (χ1n) is 5.18. The molecule has 92 valence electrons. The number of urea groups is 1. The van der Waals surface area contributed by atoms with Gasteiger partial charge >= 0.3 is 6.03 Å². The highest BCUT2D eigenvalue weighted by Gasteiger charge is 2.08. The van der Waals surface area contributed by atoms with Crippen LogP contribution < -0.4 is 22.1 Å². The van der Waals surface area contributed by atoms with Crippen LogP contribution in [0.3, 0.4) is 0 Å². The van der Waals surface area contributed by atoms with Gasteiger partial charge in [-0.2, -0.15) is 0 Å². The summed E-state index contributed by atoms with van der Waals surface area (Å²) in [6.45, 7) is 2.44. The van der Waals surface area contributed by atoms with Crippen molar-refractivity contribution in [3.8, 4) is 0 Å². The van der Waals surface area contributed by atoms with E-state index in [1.807, 2.05) is 6.92 Å². The van der Waals surface area contributed by atoms with Crippen LogP contribution >= 0.6 is 0 Å². The average Bonchev–Trinajstić information content (AvgIpc) is 2.27. The number of rotatable bonds is 4. The summed E-state index contributed by atoms with van der Waals surface area (Å²) < 4.78 is 0. The fourth-order valence-corrected chi connectivity index (χ4v) is 1.34. The van der Waals surface area contributed by atoms with Crippen LogP contribution in [0.1, 0.15) is 15.9 Å². The van der Waals surface area contributed by atoms with Crippen molar-refractivity contribution >= 4 is 17.6 Å². The molecule has 3 amide bonds. The molecule has 6 heteroatoms. The molecule has 17 heavy (non-hydrogen) atoms. The zero-order valence-corrected chi connectivity index (χ0v) is 9.62. The third kappa shape index (κ3) is 4.02. The largest absolute Gasteiger partial charge is 0.399 e. The maximum atomic E-state index is 11.8. The van der Waals surface area contributed by atoms with Crippen LogP contribution in [0, 0.1) is 6.92 Å². The van der Waals surface area contributed by atoms with Crippen LogP contribution in [-0.2, 0) is 0 Å². The quantitative estimate of drug-likeness (QED) is 0.435. The average molecular weight is 236 g/mol. The number of hydrogen-bond acceptors (Lipinski definition) is 3. The lowest BCUT2D eigenvalue weighted by Gasteiger charge is -2.08.